The summed E-state index contributed by atoms with van der Waals surface area (Å²) >= 11 is 1.40. The van der Waals surface area contributed by atoms with Crippen molar-refractivity contribution in [3.63, 3.8) is 0 Å². The van der Waals surface area contributed by atoms with Crippen LogP contribution in [-0.2, 0) is 32.0 Å². The second kappa shape index (κ2) is 11.5. The lowest BCUT2D eigenvalue weighted by Gasteiger charge is -2.24. The Bertz CT molecular complexity index is 828. The molecule has 178 valence electrons. The van der Waals surface area contributed by atoms with E-state index in [-0.39, 0.29) is 36.6 Å². The van der Waals surface area contributed by atoms with Gasteiger partial charge in [0.2, 0.25) is 5.78 Å². The van der Waals surface area contributed by atoms with E-state index in [2.05, 4.69) is 15.0 Å². The number of ether oxygens (including phenoxy) is 1. The second-order valence-corrected chi connectivity index (χ2v) is 10.8. The number of fused-ring (bicyclic) bond motifs is 2. The van der Waals surface area contributed by atoms with Gasteiger partial charge in [-0.3, -0.25) is 14.4 Å². The van der Waals surface area contributed by atoms with Crippen molar-refractivity contribution in [1.29, 1.82) is 0 Å². The highest BCUT2D eigenvalue weighted by atomic mass is 32.1. The van der Waals surface area contributed by atoms with E-state index in [1.54, 1.807) is 0 Å². The molecule has 0 saturated carbocycles. The van der Waals surface area contributed by atoms with E-state index in [9.17, 15) is 19.2 Å². The number of carbonyl (C=O) groups excluding carboxylic acids is 4. The average molecular weight is 466 g/mol. The number of nitrogens with zero attached hydrogens (tertiary/aromatic N) is 1. The summed E-state index contributed by atoms with van der Waals surface area (Å²) in [5.41, 5.74) is 0.511. The van der Waals surface area contributed by atoms with Crippen molar-refractivity contribution < 1.29 is 23.9 Å². The van der Waals surface area contributed by atoms with Gasteiger partial charge in [0.05, 0.1) is 18.3 Å². The van der Waals surface area contributed by atoms with Gasteiger partial charge in [0, 0.05) is 30.2 Å². The van der Waals surface area contributed by atoms with Crippen LogP contribution in [-0.4, -0.2) is 47.1 Å². The third-order valence-corrected chi connectivity index (χ3v) is 6.05. The van der Waals surface area contributed by atoms with Crippen molar-refractivity contribution in [1.82, 2.24) is 15.0 Å². The zero-order valence-corrected chi connectivity index (χ0v) is 20.5. The van der Waals surface area contributed by atoms with Crippen LogP contribution in [0.4, 0.5) is 4.79 Å². The van der Waals surface area contributed by atoms with E-state index in [1.807, 2.05) is 40.7 Å². The van der Waals surface area contributed by atoms with E-state index in [1.165, 1.54) is 11.5 Å². The largest absolute Gasteiger partial charge is 0.449 e. The molecular weight excluding hydrogens is 430 g/mol. The van der Waals surface area contributed by atoms with Crippen LogP contribution < -0.4 is 10.6 Å². The Morgan fingerprint density at radius 2 is 2.00 bits per heavy atom. The summed E-state index contributed by atoms with van der Waals surface area (Å²) in [6.45, 7) is 10.1. The molecule has 1 aliphatic rings. The van der Waals surface area contributed by atoms with Gasteiger partial charge in [-0.05, 0) is 48.2 Å². The SMILES string of the molecule is CC(C)C(NC(=O)OCC(C)(C)C)C(=O)CC1Cc2cc(sn2)CCCCNC(=O)C1=O. The Hall–Kier alpha value is -2.29. The first-order chi connectivity index (χ1) is 15.0. The lowest BCUT2D eigenvalue weighted by atomic mass is 9.87. The van der Waals surface area contributed by atoms with E-state index >= 15 is 0 Å². The van der Waals surface area contributed by atoms with Gasteiger partial charge in [-0.1, -0.05) is 34.6 Å². The number of hydrogen-bond acceptors (Lipinski definition) is 7. The summed E-state index contributed by atoms with van der Waals surface area (Å²) in [4.78, 5) is 51.7. The molecule has 0 aliphatic carbocycles. The Labute approximate surface area is 194 Å². The van der Waals surface area contributed by atoms with Crippen molar-refractivity contribution in [3.8, 4) is 0 Å². The number of Topliss-reactive ketones (excluding diaryl/α,β-unsaturated/α-hetero) is 2. The van der Waals surface area contributed by atoms with Gasteiger partial charge in [-0.15, -0.1) is 0 Å². The predicted octanol–water partition coefficient (Wildman–Crippen LogP) is 3.08. The fraction of sp³-hybridized carbons (Fsp3) is 0.696. The van der Waals surface area contributed by atoms with Crippen molar-refractivity contribution in [3.05, 3.63) is 16.6 Å². The van der Waals surface area contributed by atoms with Crippen molar-refractivity contribution in [2.75, 3.05) is 13.2 Å². The summed E-state index contributed by atoms with van der Waals surface area (Å²) < 4.78 is 9.65. The molecule has 0 saturated heterocycles. The molecule has 0 aromatic carbocycles. The molecule has 0 fully saturated rings. The summed E-state index contributed by atoms with van der Waals surface area (Å²) in [6.07, 6.45) is 1.95. The van der Waals surface area contributed by atoms with E-state index in [0.29, 0.717) is 12.2 Å². The molecule has 8 nitrogen and oxygen atoms in total. The molecule has 2 heterocycles. The van der Waals surface area contributed by atoms with Gasteiger partial charge < -0.3 is 15.4 Å². The first-order valence-corrected chi connectivity index (χ1v) is 12.0. The van der Waals surface area contributed by atoms with Crippen LogP contribution in [0.3, 0.4) is 0 Å². The molecule has 1 aromatic rings. The van der Waals surface area contributed by atoms with Crippen molar-refractivity contribution in [2.24, 2.45) is 17.3 Å². The van der Waals surface area contributed by atoms with Crippen LogP contribution >= 0.6 is 11.5 Å². The molecule has 1 aromatic heterocycles. The number of hydrogen-bond donors (Lipinski definition) is 2. The van der Waals surface area contributed by atoms with Gasteiger partial charge in [-0.25, -0.2) is 4.79 Å². The van der Waals surface area contributed by atoms with E-state index in [4.69, 9.17) is 4.74 Å². The van der Waals surface area contributed by atoms with Crippen molar-refractivity contribution in [2.45, 2.75) is 72.8 Å². The molecule has 2 bridgehead atoms. The maximum Gasteiger partial charge on any atom is 0.407 e. The normalized spacial score (nSPS) is 18.9. The van der Waals surface area contributed by atoms with Crippen LogP contribution in [0.25, 0.3) is 0 Å². The quantitative estimate of drug-likeness (QED) is 0.624. The summed E-state index contributed by atoms with van der Waals surface area (Å²) in [7, 11) is 0. The van der Waals surface area contributed by atoms with Crippen LogP contribution in [0.5, 0.6) is 0 Å². The molecule has 2 amide bonds. The number of ketones is 2. The van der Waals surface area contributed by atoms with Crippen LogP contribution in [0.2, 0.25) is 0 Å². The first-order valence-electron chi connectivity index (χ1n) is 11.2. The topological polar surface area (TPSA) is 114 Å². The zero-order chi connectivity index (χ0) is 23.9. The lowest BCUT2D eigenvalue weighted by molar-refractivity contribution is -0.141. The minimum atomic E-state index is -0.828. The fourth-order valence-electron chi connectivity index (χ4n) is 3.42. The maximum absolute atomic E-state index is 13.1. The molecule has 0 radical (unpaired) electrons. The van der Waals surface area contributed by atoms with Gasteiger partial charge >= 0.3 is 6.09 Å². The van der Waals surface area contributed by atoms with Crippen LogP contribution in [0, 0.1) is 17.3 Å². The smallest absolute Gasteiger partial charge is 0.407 e. The molecular formula is C23H35N3O5S. The number of amides is 2. The molecule has 0 spiro atoms. The van der Waals surface area contributed by atoms with Gasteiger partial charge in [0.15, 0.2) is 5.78 Å². The molecule has 2 rings (SSSR count). The number of alkyl carbamates (subject to hydrolysis) is 1. The highest BCUT2D eigenvalue weighted by Gasteiger charge is 2.33. The predicted molar refractivity (Wildman–Crippen MR) is 122 cm³/mol. The number of carbonyl (C=O) groups is 4. The second-order valence-electron chi connectivity index (χ2n) is 9.94. The third kappa shape index (κ3) is 8.33. The summed E-state index contributed by atoms with van der Waals surface area (Å²) in [5, 5.41) is 5.30. The maximum atomic E-state index is 13.1. The lowest BCUT2D eigenvalue weighted by Crippen LogP contribution is -2.47. The van der Waals surface area contributed by atoms with Gasteiger partial charge in [-0.2, -0.15) is 4.37 Å². The molecule has 9 heteroatoms. The minimum absolute atomic E-state index is 0.151. The molecule has 32 heavy (non-hydrogen) atoms. The standard InChI is InChI=1S/C23H35N3O5S/c1-14(2)19(25-22(30)31-13-23(3,4)5)18(27)11-15-10-16-12-17(32-26-16)8-6-7-9-24-21(29)20(15)28/h12,14-15,19H,6-11,13H2,1-5H3,(H,24,29)(H,25,30). The Kier molecular flexibility index (Phi) is 9.36. The van der Waals surface area contributed by atoms with Crippen molar-refractivity contribution >= 4 is 35.1 Å². The van der Waals surface area contributed by atoms with Crippen LogP contribution in [0.15, 0.2) is 6.07 Å². The summed E-state index contributed by atoms with van der Waals surface area (Å²) in [6, 6.07) is 1.14. The Morgan fingerprint density at radius 1 is 1.28 bits per heavy atom. The molecule has 1 aliphatic heterocycles. The summed E-state index contributed by atoms with van der Waals surface area (Å²) in [5.74, 6) is -2.62. The van der Waals surface area contributed by atoms with Gasteiger partial charge in [0.25, 0.3) is 5.91 Å². The van der Waals surface area contributed by atoms with Gasteiger partial charge in [0.1, 0.15) is 0 Å². The number of aryl methyl sites for hydroxylation is 1. The number of rotatable bonds is 6. The molecule has 2 N–H and O–H groups in total. The monoisotopic (exact) mass is 465 g/mol. The third-order valence-electron chi connectivity index (χ3n) is 5.16. The Morgan fingerprint density at radius 3 is 2.66 bits per heavy atom. The fourth-order valence-corrected chi connectivity index (χ4v) is 4.20. The Balaban J connectivity index is 2.13. The highest BCUT2D eigenvalue weighted by Crippen LogP contribution is 2.21. The van der Waals surface area contributed by atoms with Crippen LogP contribution in [0.1, 0.15) is 64.5 Å². The molecule has 2 atom stereocenters. The molecule has 2 unspecified atom stereocenters. The highest BCUT2D eigenvalue weighted by molar-refractivity contribution is 7.05. The van der Waals surface area contributed by atoms with E-state index < -0.39 is 29.7 Å². The number of aromatic nitrogens is 1. The zero-order valence-electron chi connectivity index (χ0n) is 19.7. The number of nitrogens with one attached hydrogen (secondary N) is 2. The van der Waals surface area contributed by atoms with E-state index in [0.717, 1.165) is 24.1 Å². The minimum Gasteiger partial charge on any atom is -0.449 e. The average Bonchev–Trinajstić information content (AvgIpc) is 3.14. The first kappa shape index (κ1) is 26.0.